The van der Waals surface area contributed by atoms with Crippen molar-refractivity contribution in [2.45, 2.75) is 42.8 Å². The molecule has 2 aromatic carbocycles. The number of aryl methyl sites for hydroxylation is 1. The maximum absolute atomic E-state index is 12.8. The number of nitrogens with one attached hydrogen (secondary N) is 1. The second-order valence-electron chi connectivity index (χ2n) is 7.38. The molecule has 1 N–H and O–H groups in total. The summed E-state index contributed by atoms with van der Waals surface area (Å²) in [5.41, 5.74) is 2.95. The average molecular weight is 410 g/mol. The summed E-state index contributed by atoms with van der Waals surface area (Å²) in [6.07, 6.45) is 3.27. The molecule has 4 rings (SSSR count). The number of carbonyl (C=O) groups is 1. The first-order valence-electron chi connectivity index (χ1n) is 9.62. The van der Waals surface area contributed by atoms with Crippen LogP contribution in [0.3, 0.4) is 0 Å². The van der Waals surface area contributed by atoms with Gasteiger partial charge in [0.25, 0.3) is 5.91 Å². The third kappa shape index (κ3) is 4.10. The van der Waals surface area contributed by atoms with Crippen LogP contribution in [0, 0.1) is 6.92 Å². The van der Waals surface area contributed by atoms with Crippen molar-refractivity contribution in [1.82, 2.24) is 5.16 Å². The van der Waals surface area contributed by atoms with Crippen LogP contribution in [-0.4, -0.2) is 24.7 Å². The number of rotatable bonds is 5. The highest BCUT2D eigenvalue weighted by Crippen LogP contribution is 2.30. The first kappa shape index (κ1) is 19.4. The highest BCUT2D eigenvalue weighted by molar-refractivity contribution is 7.92. The van der Waals surface area contributed by atoms with E-state index in [0.717, 1.165) is 24.0 Å². The SMILES string of the molecule is Cc1ccc(-c2cc(C(=O)Nc3cccc(S(=O)(=O)C4CCCC4)c3)on2)cc1. The lowest BCUT2D eigenvalue weighted by atomic mass is 10.1. The van der Waals surface area contributed by atoms with Crippen LogP contribution in [0.15, 0.2) is 64.0 Å². The van der Waals surface area contributed by atoms with Crippen molar-refractivity contribution in [3.63, 3.8) is 0 Å². The quantitative estimate of drug-likeness (QED) is 0.663. The van der Waals surface area contributed by atoms with Crippen LogP contribution in [0.2, 0.25) is 0 Å². The number of hydrogen-bond donors (Lipinski definition) is 1. The molecule has 0 saturated heterocycles. The Morgan fingerprint density at radius 1 is 1.07 bits per heavy atom. The van der Waals surface area contributed by atoms with Crippen molar-refractivity contribution in [2.75, 3.05) is 5.32 Å². The number of carbonyl (C=O) groups excluding carboxylic acids is 1. The Bertz CT molecular complexity index is 1130. The van der Waals surface area contributed by atoms with Crippen LogP contribution >= 0.6 is 0 Å². The van der Waals surface area contributed by atoms with Crippen LogP contribution in [-0.2, 0) is 9.84 Å². The molecule has 1 saturated carbocycles. The lowest BCUT2D eigenvalue weighted by Crippen LogP contribution is -2.18. The molecule has 0 spiro atoms. The lowest BCUT2D eigenvalue weighted by molar-refractivity contribution is 0.0988. The van der Waals surface area contributed by atoms with E-state index in [0.29, 0.717) is 24.2 Å². The highest BCUT2D eigenvalue weighted by atomic mass is 32.2. The summed E-state index contributed by atoms with van der Waals surface area (Å²) in [6, 6.07) is 15.7. The second-order valence-corrected chi connectivity index (χ2v) is 9.60. The van der Waals surface area contributed by atoms with Gasteiger partial charge in [-0.1, -0.05) is 53.9 Å². The van der Waals surface area contributed by atoms with Gasteiger partial charge in [0.15, 0.2) is 9.84 Å². The zero-order valence-electron chi connectivity index (χ0n) is 16.1. The van der Waals surface area contributed by atoms with Gasteiger partial charge >= 0.3 is 0 Å². The smallest absolute Gasteiger partial charge is 0.294 e. The van der Waals surface area contributed by atoms with Crippen molar-refractivity contribution in [3.05, 3.63) is 65.9 Å². The van der Waals surface area contributed by atoms with Crippen LogP contribution in [0.4, 0.5) is 5.69 Å². The number of sulfone groups is 1. The molecule has 1 fully saturated rings. The van der Waals surface area contributed by atoms with E-state index in [4.69, 9.17) is 4.52 Å². The zero-order valence-corrected chi connectivity index (χ0v) is 16.9. The fourth-order valence-electron chi connectivity index (χ4n) is 3.58. The number of nitrogens with zero attached hydrogens (tertiary/aromatic N) is 1. The van der Waals surface area contributed by atoms with E-state index < -0.39 is 15.7 Å². The van der Waals surface area contributed by atoms with E-state index in [1.165, 1.54) is 6.07 Å². The topological polar surface area (TPSA) is 89.3 Å². The Labute approximate surface area is 169 Å². The van der Waals surface area contributed by atoms with Gasteiger partial charge in [0.05, 0.1) is 10.1 Å². The minimum absolute atomic E-state index is 0.0598. The van der Waals surface area contributed by atoms with Gasteiger partial charge in [0, 0.05) is 17.3 Å². The van der Waals surface area contributed by atoms with Crippen molar-refractivity contribution in [3.8, 4) is 11.3 Å². The third-order valence-electron chi connectivity index (χ3n) is 5.24. The molecule has 7 heteroatoms. The monoisotopic (exact) mass is 410 g/mol. The molecule has 0 bridgehead atoms. The number of aromatic nitrogens is 1. The first-order valence-corrected chi connectivity index (χ1v) is 11.2. The Morgan fingerprint density at radius 3 is 2.52 bits per heavy atom. The average Bonchev–Trinajstić information content (AvgIpc) is 3.41. The van der Waals surface area contributed by atoms with Crippen molar-refractivity contribution >= 4 is 21.4 Å². The van der Waals surface area contributed by atoms with Gasteiger partial charge in [-0.2, -0.15) is 0 Å². The molecule has 1 heterocycles. The summed E-state index contributed by atoms with van der Waals surface area (Å²) in [6.45, 7) is 1.99. The van der Waals surface area contributed by atoms with Gasteiger partial charge in [-0.25, -0.2) is 8.42 Å². The molecular weight excluding hydrogens is 388 g/mol. The molecule has 6 nitrogen and oxygen atoms in total. The Hall–Kier alpha value is -2.93. The predicted molar refractivity (Wildman–Crippen MR) is 111 cm³/mol. The summed E-state index contributed by atoms with van der Waals surface area (Å²) in [5.74, 6) is -0.420. The molecular formula is C22H22N2O4S. The third-order valence-corrected chi connectivity index (χ3v) is 7.50. The van der Waals surface area contributed by atoms with Gasteiger partial charge in [-0.3, -0.25) is 4.79 Å². The van der Waals surface area contributed by atoms with Crippen molar-refractivity contribution < 1.29 is 17.7 Å². The molecule has 1 aromatic heterocycles. The van der Waals surface area contributed by atoms with Gasteiger partial charge < -0.3 is 9.84 Å². The molecule has 0 unspecified atom stereocenters. The minimum atomic E-state index is -3.38. The molecule has 0 radical (unpaired) electrons. The summed E-state index contributed by atoms with van der Waals surface area (Å²) in [7, 11) is -3.38. The van der Waals surface area contributed by atoms with Gasteiger partial charge in [0.2, 0.25) is 5.76 Å². The number of hydrogen-bond acceptors (Lipinski definition) is 5. The molecule has 150 valence electrons. The molecule has 29 heavy (non-hydrogen) atoms. The molecule has 0 atom stereocenters. The van der Waals surface area contributed by atoms with Gasteiger partial charge in [-0.05, 0) is 38.0 Å². The standard InChI is InChI=1S/C22H22N2O4S/c1-15-9-11-16(12-10-15)20-14-21(28-24-20)22(25)23-17-5-4-8-19(13-17)29(26,27)18-6-2-3-7-18/h4-5,8-14,18H,2-3,6-7H2,1H3,(H,23,25). The van der Waals surface area contributed by atoms with E-state index in [1.54, 1.807) is 24.3 Å². The van der Waals surface area contributed by atoms with E-state index in [9.17, 15) is 13.2 Å². The Balaban J connectivity index is 1.51. The van der Waals surface area contributed by atoms with Crippen molar-refractivity contribution in [1.29, 1.82) is 0 Å². The van der Waals surface area contributed by atoms with Crippen LogP contribution in [0.25, 0.3) is 11.3 Å². The zero-order chi connectivity index (χ0) is 20.4. The molecule has 3 aromatic rings. The van der Waals surface area contributed by atoms with E-state index in [-0.39, 0.29) is 15.9 Å². The van der Waals surface area contributed by atoms with E-state index >= 15 is 0 Å². The minimum Gasteiger partial charge on any atom is -0.350 e. The van der Waals surface area contributed by atoms with E-state index in [1.807, 2.05) is 31.2 Å². The van der Waals surface area contributed by atoms with Gasteiger partial charge in [-0.15, -0.1) is 0 Å². The van der Waals surface area contributed by atoms with Crippen LogP contribution in [0.1, 0.15) is 41.8 Å². The van der Waals surface area contributed by atoms with Crippen LogP contribution in [0.5, 0.6) is 0 Å². The fraction of sp³-hybridized carbons (Fsp3) is 0.273. The number of anilines is 1. The summed E-state index contributed by atoms with van der Waals surface area (Å²) in [4.78, 5) is 12.8. The first-order chi connectivity index (χ1) is 13.9. The second kappa shape index (κ2) is 7.83. The fourth-order valence-corrected chi connectivity index (χ4v) is 5.48. The van der Waals surface area contributed by atoms with Crippen LogP contribution < -0.4 is 5.32 Å². The number of amides is 1. The maximum Gasteiger partial charge on any atom is 0.294 e. The molecule has 1 amide bonds. The molecule has 1 aliphatic rings. The summed E-state index contributed by atoms with van der Waals surface area (Å²) >= 11 is 0. The highest BCUT2D eigenvalue weighted by Gasteiger charge is 2.30. The molecule has 0 aliphatic heterocycles. The largest absolute Gasteiger partial charge is 0.350 e. The maximum atomic E-state index is 12.8. The Kier molecular flexibility index (Phi) is 5.24. The lowest BCUT2D eigenvalue weighted by Gasteiger charge is -2.12. The van der Waals surface area contributed by atoms with Gasteiger partial charge in [0.1, 0.15) is 5.69 Å². The molecule has 1 aliphatic carbocycles. The number of benzene rings is 2. The van der Waals surface area contributed by atoms with Crippen molar-refractivity contribution in [2.24, 2.45) is 0 Å². The normalized spacial score (nSPS) is 14.8. The Morgan fingerprint density at radius 2 is 1.79 bits per heavy atom. The van der Waals surface area contributed by atoms with E-state index in [2.05, 4.69) is 10.5 Å². The summed E-state index contributed by atoms with van der Waals surface area (Å²) < 4.78 is 30.8. The predicted octanol–water partition coefficient (Wildman–Crippen LogP) is 4.62. The summed E-state index contributed by atoms with van der Waals surface area (Å²) in [5, 5.41) is 6.32.